The Morgan fingerprint density at radius 1 is 1.12 bits per heavy atom. The van der Waals surface area contributed by atoms with Crippen LogP contribution in [0.15, 0.2) is 48.5 Å². The lowest BCUT2D eigenvalue weighted by atomic mass is 10.1. The first-order chi connectivity index (χ1) is 12.6. The summed E-state index contributed by atoms with van der Waals surface area (Å²) in [5.41, 5.74) is 2.89. The number of carbonyl (C=O) groups is 1. The maximum atomic E-state index is 12.8. The summed E-state index contributed by atoms with van der Waals surface area (Å²) in [4.78, 5) is 17.1. The van der Waals surface area contributed by atoms with Crippen molar-refractivity contribution in [1.82, 2.24) is 9.80 Å². The Balaban J connectivity index is 1.62. The van der Waals surface area contributed by atoms with E-state index >= 15 is 0 Å². The number of carbonyl (C=O) groups excluding carboxylic acids is 1. The SMILES string of the molecule is COCc1cccc(C(=O)N2CCN(C(C)c3ccccc3Cl)CC2)c1. The number of halogens is 1. The Morgan fingerprint density at radius 3 is 2.54 bits per heavy atom. The third-order valence-corrected chi connectivity index (χ3v) is 5.33. The molecule has 5 heteroatoms. The molecule has 0 bridgehead atoms. The molecule has 3 rings (SSSR count). The van der Waals surface area contributed by atoms with Crippen molar-refractivity contribution in [3.63, 3.8) is 0 Å². The first-order valence-corrected chi connectivity index (χ1v) is 9.33. The van der Waals surface area contributed by atoms with Gasteiger partial charge < -0.3 is 9.64 Å². The fraction of sp³-hybridized carbons (Fsp3) is 0.381. The molecule has 0 aliphatic carbocycles. The minimum absolute atomic E-state index is 0.0907. The molecule has 0 spiro atoms. The van der Waals surface area contributed by atoms with Crippen LogP contribution in [0.5, 0.6) is 0 Å². The van der Waals surface area contributed by atoms with Crippen molar-refractivity contribution >= 4 is 17.5 Å². The van der Waals surface area contributed by atoms with Gasteiger partial charge in [0.15, 0.2) is 0 Å². The van der Waals surface area contributed by atoms with Gasteiger partial charge in [-0.05, 0) is 36.2 Å². The summed E-state index contributed by atoms with van der Waals surface area (Å²) < 4.78 is 5.16. The minimum atomic E-state index is 0.0907. The fourth-order valence-corrected chi connectivity index (χ4v) is 3.76. The molecule has 4 nitrogen and oxygen atoms in total. The van der Waals surface area contributed by atoms with Gasteiger partial charge in [0.1, 0.15) is 0 Å². The number of benzene rings is 2. The molecular weight excluding hydrogens is 348 g/mol. The highest BCUT2D eigenvalue weighted by atomic mass is 35.5. The van der Waals surface area contributed by atoms with E-state index < -0.39 is 0 Å². The van der Waals surface area contributed by atoms with Crippen LogP contribution in [0, 0.1) is 0 Å². The zero-order valence-corrected chi connectivity index (χ0v) is 16.1. The summed E-state index contributed by atoms with van der Waals surface area (Å²) in [6.45, 7) is 5.83. The maximum absolute atomic E-state index is 12.8. The van der Waals surface area contributed by atoms with E-state index in [0.717, 1.165) is 47.9 Å². The Morgan fingerprint density at radius 2 is 1.85 bits per heavy atom. The average molecular weight is 373 g/mol. The molecule has 0 N–H and O–H groups in total. The molecular formula is C21H25ClN2O2. The standard InChI is InChI=1S/C21H25ClN2O2/c1-16(19-8-3-4-9-20(19)22)23-10-12-24(13-11-23)21(25)18-7-5-6-17(14-18)15-26-2/h3-9,14,16H,10-13,15H2,1-2H3. The minimum Gasteiger partial charge on any atom is -0.380 e. The number of rotatable bonds is 5. The Kier molecular flexibility index (Phi) is 6.30. The molecule has 1 saturated heterocycles. The fourth-order valence-electron chi connectivity index (χ4n) is 3.47. The number of piperazine rings is 1. The van der Waals surface area contributed by atoms with Gasteiger partial charge in [-0.3, -0.25) is 9.69 Å². The van der Waals surface area contributed by atoms with E-state index in [0.29, 0.717) is 6.61 Å². The normalized spacial score (nSPS) is 16.5. The van der Waals surface area contributed by atoms with Crippen LogP contribution in [-0.4, -0.2) is 49.0 Å². The van der Waals surface area contributed by atoms with E-state index in [1.165, 1.54) is 0 Å². The van der Waals surface area contributed by atoms with Crippen LogP contribution in [-0.2, 0) is 11.3 Å². The topological polar surface area (TPSA) is 32.8 Å². The summed E-state index contributed by atoms with van der Waals surface area (Å²) in [5.74, 6) is 0.0907. The molecule has 1 aliphatic rings. The zero-order valence-electron chi connectivity index (χ0n) is 15.3. The quantitative estimate of drug-likeness (QED) is 0.795. The number of methoxy groups -OCH3 is 1. The summed E-state index contributed by atoms with van der Waals surface area (Å²) >= 11 is 6.34. The van der Waals surface area contributed by atoms with Gasteiger partial charge in [0.2, 0.25) is 0 Å². The molecule has 1 unspecified atom stereocenters. The second-order valence-corrected chi connectivity index (χ2v) is 7.07. The highest BCUT2D eigenvalue weighted by Gasteiger charge is 2.26. The van der Waals surface area contributed by atoms with Crippen molar-refractivity contribution < 1.29 is 9.53 Å². The lowest BCUT2D eigenvalue weighted by Crippen LogP contribution is -2.49. The highest BCUT2D eigenvalue weighted by Crippen LogP contribution is 2.28. The van der Waals surface area contributed by atoms with Crippen LogP contribution in [0.3, 0.4) is 0 Å². The van der Waals surface area contributed by atoms with Crippen LogP contribution in [0.1, 0.15) is 34.5 Å². The summed E-state index contributed by atoms with van der Waals surface area (Å²) in [5, 5.41) is 0.800. The molecule has 26 heavy (non-hydrogen) atoms. The number of hydrogen-bond acceptors (Lipinski definition) is 3. The van der Waals surface area contributed by atoms with Crippen LogP contribution < -0.4 is 0 Å². The molecule has 1 atom stereocenters. The number of nitrogens with zero attached hydrogens (tertiary/aromatic N) is 2. The number of amides is 1. The molecule has 0 radical (unpaired) electrons. The average Bonchev–Trinajstić information content (AvgIpc) is 2.68. The predicted octanol–water partition coefficient (Wildman–Crippen LogP) is 4.01. The maximum Gasteiger partial charge on any atom is 0.253 e. The monoisotopic (exact) mass is 372 g/mol. The van der Waals surface area contributed by atoms with Crippen LogP contribution in [0.2, 0.25) is 5.02 Å². The van der Waals surface area contributed by atoms with E-state index in [4.69, 9.17) is 16.3 Å². The van der Waals surface area contributed by atoms with E-state index in [1.807, 2.05) is 47.4 Å². The molecule has 2 aromatic rings. The van der Waals surface area contributed by atoms with Gasteiger partial charge >= 0.3 is 0 Å². The molecule has 0 aromatic heterocycles. The van der Waals surface area contributed by atoms with Crippen molar-refractivity contribution in [3.8, 4) is 0 Å². The highest BCUT2D eigenvalue weighted by molar-refractivity contribution is 6.31. The molecule has 1 heterocycles. The first kappa shape index (κ1) is 18.9. The van der Waals surface area contributed by atoms with Gasteiger partial charge in [-0.2, -0.15) is 0 Å². The summed E-state index contributed by atoms with van der Waals surface area (Å²) in [6, 6.07) is 15.9. The van der Waals surface area contributed by atoms with E-state index in [-0.39, 0.29) is 11.9 Å². The smallest absolute Gasteiger partial charge is 0.253 e. The lowest BCUT2D eigenvalue weighted by Gasteiger charge is -2.38. The van der Waals surface area contributed by atoms with Crippen molar-refractivity contribution in [2.75, 3.05) is 33.3 Å². The van der Waals surface area contributed by atoms with Gasteiger partial charge in [-0.15, -0.1) is 0 Å². The van der Waals surface area contributed by atoms with E-state index in [9.17, 15) is 4.79 Å². The van der Waals surface area contributed by atoms with Gasteiger partial charge in [0.25, 0.3) is 5.91 Å². The molecule has 1 amide bonds. The number of ether oxygens (including phenoxy) is 1. The van der Waals surface area contributed by atoms with E-state index in [2.05, 4.69) is 17.9 Å². The molecule has 1 fully saturated rings. The molecule has 138 valence electrons. The second-order valence-electron chi connectivity index (χ2n) is 6.66. The van der Waals surface area contributed by atoms with E-state index in [1.54, 1.807) is 7.11 Å². The van der Waals surface area contributed by atoms with Crippen molar-refractivity contribution in [1.29, 1.82) is 0 Å². The summed E-state index contributed by atoms with van der Waals surface area (Å²) in [7, 11) is 1.66. The van der Waals surface area contributed by atoms with Crippen LogP contribution in [0.25, 0.3) is 0 Å². The first-order valence-electron chi connectivity index (χ1n) is 8.96. The zero-order chi connectivity index (χ0) is 18.5. The Hall–Kier alpha value is -1.88. The predicted molar refractivity (Wildman–Crippen MR) is 104 cm³/mol. The van der Waals surface area contributed by atoms with Crippen LogP contribution in [0.4, 0.5) is 0 Å². The molecule has 2 aromatic carbocycles. The number of hydrogen-bond donors (Lipinski definition) is 0. The second kappa shape index (κ2) is 8.67. The van der Waals surface area contributed by atoms with Gasteiger partial charge in [0, 0.05) is 49.9 Å². The molecule has 0 saturated carbocycles. The third-order valence-electron chi connectivity index (χ3n) is 4.99. The van der Waals surface area contributed by atoms with Crippen LogP contribution >= 0.6 is 11.6 Å². The van der Waals surface area contributed by atoms with Crippen molar-refractivity contribution in [2.45, 2.75) is 19.6 Å². The van der Waals surface area contributed by atoms with Crippen molar-refractivity contribution in [3.05, 3.63) is 70.2 Å². The Labute approximate surface area is 160 Å². The van der Waals surface area contributed by atoms with Gasteiger partial charge in [-0.25, -0.2) is 0 Å². The Bertz CT molecular complexity index is 757. The van der Waals surface area contributed by atoms with Gasteiger partial charge in [0.05, 0.1) is 6.61 Å². The molecule has 1 aliphatic heterocycles. The van der Waals surface area contributed by atoms with Gasteiger partial charge in [-0.1, -0.05) is 41.9 Å². The largest absolute Gasteiger partial charge is 0.380 e. The third kappa shape index (κ3) is 4.26. The van der Waals surface area contributed by atoms with Crippen molar-refractivity contribution in [2.24, 2.45) is 0 Å². The summed E-state index contributed by atoms with van der Waals surface area (Å²) in [6.07, 6.45) is 0. The lowest BCUT2D eigenvalue weighted by molar-refractivity contribution is 0.0582.